The van der Waals surface area contributed by atoms with E-state index in [0.29, 0.717) is 0 Å². The van der Waals surface area contributed by atoms with Crippen LogP contribution in [0.15, 0.2) is 25.3 Å². The molecule has 0 aromatic heterocycles. The van der Waals surface area contributed by atoms with E-state index in [-0.39, 0.29) is 0 Å². The van der Waals surface area contributed by atoms with Crippen molar-refractivity contribution >= 4 is 0 Å². The number of nitrogens with two attached hydrogens (primary N) is 2. The van der Waals surface area contributed by atoms with Gasteiger partial charge >= 0.3 is 0 Å². The second kappa shape index (κ2) is 53.5. The SMILES string of the molecule is C=CC.C=CC.NNN. The summed E-state index contributed by atoms with van der Waals surface area (Å²) in [6.07, 6.45) is 3.50. The molecule has 0 aliphatic rings. The fourth-order valence-corrected chi connectivity index (χ4v) is 0. The minimum absolute atomic E-state index is 1.75. The van der Waals surface area contributed by atoms with E-state index >= 15 is 0 Å². The fraction of sp³-hybridized carbons (Fsp3) is 0.333. The van der Waals surface area contributed by atoms with E-state index in [1.807, 2.05) is 13.8 Å². The predicted molar refractivity (Wildman–Crippen MR) is 43.3 cm³/mol. The van der Waals surface area contributed by atoms with Crippen LogP contribution in [0.5, 0.6) is 0 Å². The van der Waals surface area contributed by atoms with E-state index < -0.39 is 0 Å². The summed E-state index contributed by atoms with van der Waals surface area (Å²) in [5, 5.41) is 0. The van der Waals surface area contributed by atoms with E-state index in [1.165, 1.54) is 0 Å². The number of hydrazine groups is 2. The largest absolute Gasteiger partial charge is 0.258 e. The van der Waals surface area contributed by atoms with E-state index in [2.05, 4.69) is 24.8 Å². The Morgan fingerprint density at radius 3 is 1.11 bits per heavy atom. The summed E-state index contributed by atoms with van der Waals surface area (Å²) < 4.78 is 0. The molecule has 0 aromatic rings. The molecule has 5 N–H and O–H groups in total. The van der Waals surface area contributed by atoms with Gasteiger partial charge in [0.05, 0.1) is 0 Å². The highest BCUT2D eigenvalue weighted by atomic mass is 15.4. The quantitative estimate of drug-likeness (QED) is 0.258. The Balaban J connectivity index is -0.0000000600. The minimum Gasteiger partial charge on any atom is -0.258 e. The molecule has 3 nitrogen and oxygen atoms in total. The molecule has 0 saturated heterocycles. The molecule has 0 bridgehead atoms. The maximum absolute atomic E-state index is 4.38. The van der Waals surface area contributed by atoms with Gasteiger partial charge in [0.1, 0.15) is 0 Å². The maximum atomic E-state index is 4.38. The third kappa shape index (κ3) is 516. The lowest BCUT2D eigenvalue weighted by Gasteiger charge is -1.64. The highest BCUT2D eigenvalue weighted by Crippen LogP contribution is 1.38. The lowest BCUT2D eigenvalue weighted by Crippen LogP contribution is -2.29. The Morgan fingerprint density at radius 1 is 1.11 bits per heavy atom. The van der Waals surface area contributed by atoms with Crippen molar-refractivity contribution in [1.29, 1.82) is 0 Å². The fourth-order valence-electron chi connectivity index (χ4n) is 0. The number of hydrogen-bond donors (Lipinski definition) is 3. The van der Waals surface area contributed by atoms with E-state index in [1.54, 1.807) is 17.7 Å². The van der Waals surface area contributed by atoms with Gasteiger partial charge in [-0.05, 0) is 13.8 Å². The Morgan fingerprint density at radius 2 is 1.11 bits per heavy atom. The van der Waals surface area contributed by atoms with Crippen LogP contribution in [0.25, 0.3) is 0 Å². The summed E-state index contributed by atoms with van der Waals surface area (Å²) in [6.45, 7) is 10.5. The number of allylic oxidation sites excluding steroid dienone is 2. The topological polar surface area (TPSA) is 64.1 Å². The second-order valence-corrected chi connectivity index (χ2v) is 0.983. The van der Waals surface area contributed by atoms with Gasteiger partial charge in [-0.3, -0.25) is 11.7 Å². The molecule has 0 rings (SSSR count). The van der Waals surface area contributed by atoms with Crippen LogP contribution in [0.3, 0.4) is 0 Å². The van der Waals surface area contributed by atoms with Crippen LogP contribution in [0.4, 0.5) is 0 Å². The zero-order valence-electron chi connectivity index (χ0n) is 6.22. The third-order valence-electron chi connectivity index (χ3n) is 0. The number of nitrogens with one attached hydrogen (secondary N) is 1. The maximum Gasteiger partial charge on any atom is -0.0473 e. The first kappa shape index (κ1) is 15.8. The van der Waals surface area contributed by atoms with Crippen LogP contribution < -0.4 is 17.2 Å². The molecule has 0 unspecified atom stereocenters. The van der Waals surface area contributed by atoms with Gasteiger partial charge in [-0.15, -0.1) is 13.2 Å². The van der Waals surface area contributed by atoms with Crippen molar-refractivity contribution in [1.82, 2.24) is 5.53 Å². The van der Waals surface area contributed by atoms with Gasteiger partial charge in [-0.2, -0.15) is 5.53 Å². The highest BCUT2D eigenvalue weighted by molar-refractivity contribution is 4.51. The second-order valence-electron chi connectivity index (χ2n) is 0.983. The predicted octanol–water partition coefficient (Wildman–Crippen LogP) is 0.708. The van der Waals surface area contributed by atoms with Crippen molar-refractivity contribution < 1.29 is 0 Å². The van der Waals surface area contributed by atoms with Gasteiger partial charge in [0.15, 0.2) is 0 Å². The van der Waals surface area contributed by atoms with E-state index in [9.17, 15) is 0 Å². The molecule has 56 valence electrons. The molecule has 0 amide bonds. The van der Waals surface area contributed by atoms with Crippen molar-refractivity contribution in [3.63, 3.8) is 0 Å². The van der Waals surface area contributed by atoms with Crippen LogP contribution in [-0.2, 0) is 0 Å². The smallest absolute Gasteiger partial charge is 0.0473 e. The standard InChI is InChI=1S/2C3H6.H5N3/c3*1-3-2/h2*3H,1H2,2H3;3H,1-2H2. The van der Waals surface area contributed by atoms with Crippen molar-refractivity contribution in [3.05, 3.63) is 25.3 Å². The van der Waals surface area contributed by atoms with Crippen LogP contribution in [0.2, 0.25) is 0 Å². The normalized spacial score (nSPS) is 4.89. The zero-order chi connectivity index (χ0) is 8.12. The summed E-state index contributed by atoms with van der Waals surface area (Å²) >= 11 is 0. The summed E-state index contributed by atoms with van der Waals surface area (Å²) in [5.41, 5.74) is 1.75. The first-order valence-electron chi connectivity index (χ1n) is 2.55. The molecule has 3 heteroatoms. The lowest BCUT2D eigenvalue weighted by atomic mass is 10.8. The molecule has 0 aliphatic carbocycles. The summed E-state index contributed by atoms with van der Waals surface area (Å²) in [4.78, 5) is 0. The van der Waals surface area contributed by atoms with Crippen LogP contribution in [0.1, 0.15) is 13.8 Å². The molecule has 0 heterocycles. The first-order valence-corrected chi connectivity index (χ1v) is 2.55. The van der Waals surface area contributed by atoms with Gasteiger partial charge in [0.25, 0.3) is 0 Å². The molecule has 0 saturated carbocycles. The Labute approximate surface area is 57.4 Å². The average molecular weight is 131 g/mol. The van der Waals surface area contributed by atoms with Gasteiger partial charge in [-0.25, -0.2) is 0 Å². The summed E-state index contributed by atoms with van der Waals surface area (Å²) in [5.74, 6) is 8.75. The van der Waals surface area contributed by atoms with Crippen LogP contribution >= 0.6 is 0 Å². The van der Waals surface area contributed by atoms with Gasteiger partial charge in [-0.1, -0.05) is 12.2 Å². The Hall–Kier alpha value is -0.640. The molecule has 0 spiro atoms. The monoisotopic (exact) mass is 131 g/mol. The number of hydrogen-bond acceptors (Lipinski definition) is 3. The first-order chi connectivity index (χ1) is 4.24. The van der Waals surface area contributed by atoms with Crippen LogP contribution in [0, 0.1) is 0 Å². The van der Waals surface area contributed by atoms with Crippen molar-refractivity contribution in [3.8, 4) is 0 Å². The van der Waals surface area contributed by atoms with E-state index in [0.717, 1.165) is 0 Å². The zero-order valence-corrected chi connectivity index (χ0v) is 6.22. The van der Waals surface area contributed by atoms with Gasteiger partial charge < -0.3 is 0 Å². The summed E-state index contributed by atoms with van der Waals surface area (Å²) in [7, 11) is 0. The molecular weight excluding hydrogens is 114 g/mol. The molecule has 0 aliphatic heterocycles. The molecule has 0 radical (unpaired) electrons. The third-order valence-corrected chi connectivity index (χ3v) is 0. The molecule has 0 aromatic carbocycles. The van der Waals surface area contributed by atoms with Gasteiger partial charge in [0.2, 0.25) is 0 Å². The Kier molecular flexibility index (Phi) is 93.6. The lowest BCUT2D eigenvalue weighted by molar-refractivity contribution is 0.803. The number of rotatable bonds is 0. The minimum atomic E-state index is 1.75. The average Bonchev–Trinajstić information content (AvgIpc) is 1.70. The van der Waals surface area contributed by atoms with Crippen molar-refractivity contribution in [2.24, 2.45) is 11.7 Å². The highest BCUT2D eigenvalue weighted by Gasteiger charge is 1.19. The Bertz CT molecular complexity index is 37.6. The van der Waals surface area contributed by atoms with Crippen molar-refractivity contribution in [2.75, 3.05) is 0 Å². The molecule has 9 heavy (non-hydrogen) atoms. The van der Waals surface area contributed by atoms with Crippen LogP contribution in [-0.4, -0.2) is 0 Å². The van der Waals surface area contributed by atoms with Gasteiger partial charge in [0, 0.05) is 0 Å². The van der Waals surface area contributed by atoms with E-state index in [4.69, 9.17) is 0 Å². The van der Waals surface area contributed by atoms with Crippen molar-refractivity contribution in [2.45, 2.75) is 13.8 Å². The molecular formula is C6H17N3. The molecule has 0 fully saturated rings. The molecule has 0 atom stereocenters. The summed E-state index contributed by atoms with van der Waals surface area (Å²) in [6, 6.07) is 0.